The Labute approximate surface area is 173 Å². The normalized spacial score (nSPS) is 11.0. The van der Waals surface area contributed by atoms with Crippen molar-refractivity contribution in [2.75, 3.05) is 19.8 Å². The minimum atomic E-state index is -0.500. The predicted molar refractivity (Wildman–Crippen MR) is 113 cm³/mol. The summed E-state index contributed by atoms with van der Waals surface area (Å²) in [5.74, 6) is 1.72. The fourth-order valence-electron chi connectivity index (χ4n) is 2.82. The third kappa shape index (κ3) is 6.24. The predicted octanol–water partition coefficient (Wildman–Crippen LogP) is 6.00. The lowest BCUT2D eigenvalue weighted by atomic mass is 9.97. The molecule has 0 bridgehead atoms. The number of unbranched alkanes of at least 4 members (excludes halogenated alkanes) is 2. The van der Waals surface area contributed by atoms with Crippen LogP contribution in [0.4, 0.5) is 0 Å². The Kier molecular flexibility index (Phi) is 9.03. The Morgan fingerprint density at radius 1 is 1.00 bits per heavy atom. The fourth-order valence-corrected chi connectivity index (χ4v) is 2.82. The molecule has 0 amide bonds. The smallest absolute Gasteiger partial charge is 0.360 e. The highest BCUT2D eigenvalue weighted by atomic mass is 16.5. The zero-order valence-electron chi connectivity index (χ0n) is 18.2. The van der Waals surface area contributed by atoms with Crippen molar-refractivity contribution in [1.29, 1.82) is 0 Å². The summed E-state index contributed by atoms with van der Waals surface area (Å²) >= 11 is 0. The molecule has 0 N–H and O–H groups in total. The second kappa shape index (κ2) is 11.5. The van der Waals surface area contributed by atoms with E-state index in [9.17, 15) is 4.79 Å². The van der Waals surface area contributed by atoms with E-state index in [1.54, 1.807) is 13.0 Å². The number of ether oxygens (including phenoxy) is 3. The van der Waals surface area contributed by atoms with Crippen LogP contribution in [0.3, 0.4) is 0 Å². The lowest BCUT2D eigenvalue weighted by Gasteiger charge is -2.18. The van der Waals surface area contributed by atoms with Gasteiger partial charge in [0.1, 0.15) is 11.5 Å². The maximum atomic E-state index is 12.0. The van der Waals surface area contributed by atoms with Gasteiger partial charge >= 0.3 is 5.97 Å². The van der Waals surface area contributed by atoms with E-state index in [0.29, 0.717) is 24.7 Å². The van der Waals surface area contributed by atoms with Gasteiger partial charge in [-0.25, -0.2) is 4.79 Å². The first-order valence-electron chi connectivity index (χ1n) is 10.6. The molecule has 160 valence electrons. The van der Waals surface area contributed by atoms with E-state index in [0.717, 1.165) is 42.6 Å². The lowest BCUT2D eigenvalue weighted by Crippen LogP contribution is -2.05. The standard InChI is InChI=1S/C23H33NO5/c1-6-9-11-27-20-15-21(28-12-10-7-2)18(13-17(20)16(4)5)22-14-19(24-29-22)23(25)26-8-3/h13-16H,6-12H2,1-5H3. The van der Waals surface area contributed by atoms with Gasteiger partial charge in [-0.15, -0.1) is 0 Å². The zero-order chi connectivity index (χ0) is 21.2. The average Bonchev–Trinajstić information content (AvgIpc) is 3.18. The molecule has 1 aromatic carbocycles. The first-order valence-corrected chi connectivity index (χ1v) is 10.6. The van der Waals surface area contributed by atoms with E-state index in [-0.39, 0.29) is 18.2 Å². The van der Waals surface area contributed by atoms with E-state index in [2.05, 4.69) is 32.9 Å². The van der Waals surface area contributed by atoms with Crippen LogP contribution >= 0.6 is 0 Å². The number of carbonyl (C=O) groups excluding carboxylic acids is 1. The molecule has 0 spiro atoms. The summed E-state index contributed by atoms with van der Waals surface area (Å²) in [6.45, 7) is 11.8. The molecular weight excluding hydrogens is 370 g/mol. The van der Waals surface area contributed by atoms with Gasteiger partial charge < -0.3 is 18.7 Å². The molecule has 0 aliphatic heterocycles. The molecule has 0 radical (unpaired) electrons. The average molecular weight is 404 g/mol. The summed E-state index contributed by atoms with van der Waals surface area (Å²) in [5.41, 5.74) is 1.97. The molecule has 0 aliphatic carbocycles. The van der Waals surface area contributed by atoms with Gasteiger partial charge in [0.25, 0.3) is 0 Å². The molecule has 6 nitrogen and oxygen atoms in total. The maximum absolute atomic E-state index is 12.0. The van der Waals surface area contributed by atoms with Gasteiger partial charge in [-0.2, -0.15) is 0 Å². The number of nitrogens with zero attached hydrogens (tertiary/aromatic N) is 1. The molecule has 2 aromatic rings. The highest BCUT2D eigenvalue weighted by Gasteiger charge is 2.21. The van der Waals surface area contributed by atoms with Gasteiger partial charge in [0.15, 0.2) is 11.5 Å². The molecule has 0 aliphatic rings. The van der Waals surface area contributed by atoms with Crippen LogP contribution in [0.2, 0.25) is 0 Å². The Hall–Kier alpha value is -2.50. The summed E-state index contributed by atoms with van der Waals surface area (Å²) in [6.07, 6.45) is 4.05. The second-order valence-electron chi connectivity index (χ2n) is 7.24. The van der Waals surface area contributed by atoms with Gasteiger partial charge in [0, 0.05) is 12.1 Å². The molecule has 6 heteroatoms. The molecule has 1 heterocycles. The molecule has 0 fully saturated rings. The van der Waals surface area contributed by atoms with Crippen molar-refractivity contribution >= 4 is 5.97 Å². The summed E-state index contributed by atoms with van der Waals surface area (Å²) in [4.78, 5) is 12.0. The first kappa shape index (κ1) is 22.8. The monoisotopic (exact) mass is 403 g/mol. The van der Waals surface area contributed by atoms with E-state index in [4.69, 9.17) is 18.7 Å². The summed E-state index contributed by atoms with van der Waals surface area (Å²) < 4.78 is 22.6. The van der Waals surface area contributed by atoms with Crippen LogP contribution in [0, 0.1) is 0 Å². The molecule has 0 saturated heterocycles. The maximum Gasteiger partial charge on any atom is 0.360 e. The molecular formula is C23H33NO5. The largest absolute Gasteiger partial charge is 0.493 e. The van der Waals surface area contributed by atoms with Gasteiger partial charge in [-0.3, -0.25) is 0 Å². The van der Waals surface area contributed by atoms with Crippen molar-refractivity contribution in [2.24, 2.45) is 0 Å². The Morgan fingerprint density at radius 2 is 1.66 bits per heavy atom. The van der Waals surface area contributed by atoms with Gasteiger partial charge in [0.2, 0.25) is 0 Å². The first-order chi connectivity index (χ1) is 14.0. The summed E-state index contributed by atoms with van der Waals surface area (Å²) in [6, 6.07) is 5.55. The molecule has 0 saturated carbocycles. The minimum Gasteiger partial charge on any atom is -0.493 e. The third-order valence-electron chi connectivity index (χ3n) is 4.51. The van der Waals surface area contributed by atoms with E-state index >= 15 is 0 Å². The van der Waals surface area contributed by atoms with Crippen molar-refractivity contribution in [2.45, 2.75) is 66.2 Å². The van der Waals surface area contributed by atoms with Crippen LogP contribution in [-0.4, -0.2) is 30.9 Å². The summed E-state index contributed by atoms with van der Waals surface area (Å²) in [5, 5.41) is 3.87. The van der Waals surface area contributed by atoms with Crippen LogP contribution < -0.4 is 9.47 Å². The number of rotatable bonds is 12. The van der Waals surface area contributed by atoms with E-state index < -0.39 is 5.97 Å². The third-order valence-corrected chi connectivity index (χ3v) is 4.51. The van der Waals surface area contributed by atoms with Crippen molar-refractivity contribution in [3.05, 3.63) is 29.5 Å². The van der Waals surface area contributed by atoms with Crippen molar-refractivity contribution in [3.8, 4) is 22.8 Å². The SMILES string of the molecule is CCCCOc1cc(OCCCC)c(C(C)C)cc1-c1cc(C(=O)OCC)no1. The van der Waals surface area contributed by atoms with Crippen LogP contribution in [0.25, 0.3) is 11.3 Å². The second-order valence-corrected chi connectivity index (χ2v) is 7.24. The van der Waals surface area contributed by atoms with Crippen LogP contribution in [-0.2, 0) is 4.74 Å². The number of hydrogen-bond donors (Lipinski definition) is 0. The van der Waals surface area contributed by atoms with Gasteiger partial charge in [-0.05, 0) is 37.3 Å². The van der Waals surface area contributed by atoms with Crippen molar-refractivity contribution in [3.63, 3.8) is 0 Å². The molecule has 2 rings (SSSR count). The van der Waals surface area contributed by atoms with Crippen LogP contribution in [0.5, 0.6) is 11.5 Å². The Balaban J connectivity index is 2.44. The molecule has 0 atom stereocenters. The lowest BCUT2D eigenvalue weighted by molar-refractivity contribution is 0.0514. The number of hydrogen-bond acceptors (Lipinski definition) is 6. The number of esters is 1. The van der Waals surface area contributed by atoms with Crippen molar-refractivity contribution in [1.82, 2.24) is 5.16 Å². The van der Waals surface area contributed by atoms with E-state index in [1.165, 1.54) is 0 Å². The Morgan fingerprint density at radius 3 is 2.24 bits per heavy atom. The Bertz CT molecular complexity index is 782. The summed E-state index contributed by atoms with van der Waals surface area (Å²) in [7, 11) is 0. The highest BCUT2D eigenvalue weighted by molar-refractivity contribution is 5.88. The van der Waals surface area contributed by atoms with Crippen LogP contribution in [0.1, 0.15) is 82.3 Å². The highest BCUT2D eigenvalue weighted by Crippen LogP contribution is 2.39. The quantitative estimate of drug-likeness (QED) is 0.320. The molecule has 1 aromatic heterocycles. The van der Waals surface area contributed by atoms with Crippen LogP contribution in [0.15, 0.2) is 22.7 Å². The van der Waals surface area contributed by atoms with Crippen molar-refractivity contribution < 1.29 is 23.5 Å². The van der Waals surface area contributed by atoms with Gasteiger partial charge in [0.05, 0.1) is 25.4 Å². The number of benzene rings is 1. The molecule has 0 unspecified atom stereocenters. The fraction of sp³-hybridized carbons (Fsp3) is 0.565. The number of aromatic nitrogens is 1. The topological polar surface area (TPSA) is 70.8 Å². The zero-order valence-corrected chi connectivity index (χ0v) is 18.2. The molecule has 29 heavy (non-hydrogen) atoms. The number of carbonyl (C=O) groups is 1. The van der Waals surface area contributed by atoms with E-state index in [1.807, 2.05) is 12.1 Å². The minimum absolute atomic E-state index is 0.149. The van der Waals surface area contributed by atoms with Gasteiger partial charge in [-0.1, -0.05) is 45.7 Å².